The summed E-state index contributed by atoms with van der Waals surface area (Å²) >= 11 is 0. The topological polar surface area (TPSA) is 21.3 Å². The van der Waals surface area contributed by atoms with Gasteiger partial charge in [0.1, 0.15) is 0 Å². The third-order valence-corrected chi connectivity index (χ3v) is 2.07. The van der Waals surface area contributed by atoms with Gasteiger partial charge in [-0.3, -0.25) is 0 Å². The minimum absolute atomic E-state index is 0.312. The summed E-state index contributed by atoms with van der Waals surface area (Å²) in [5.41, 5.74) is 0. The molecule has 0 amide bonds. The van der Waals surface area contributed by atoms with E-state index in [4.69, 9.17) is 4.74 Å². The molecule has 0 rings (SSSR count). The Morgan fingerprint density at radius 2 is 2.00 bits per heavy atom. The molecule has 11 heavy (non-hydrogen) atoms. The second kappa shape index (κ2) is 6.62. The van der Waals surface area contributed by atoms with E-state index in [-0.39, 0.29) is 0 Å². The Morgan fingerprint density at radius 1 is 1.36 bits per heavy atom. The fourth-order valence-electron chi connectivity index (χ4n) is 0.877. The minimum Gasteiger partial charge on any atom is -0.380 e. The van der Waals surface area contributed by atoms with Gasteiger partial charge >= 0.3 is 0 Å². The summed E-state index contributed by atoms with van der Waals surface area (Å²) in [7, 11) is 1.75. The smallest absolute Gasteiger partial charge is 0.0693 e. The maximum atomic E-state index is 5.18. The second-order valence-corrected chi connectivity index (χ2v) is 3.04. The molecule has 1 N–H and O–H groups in total. The van der Waals surface area contributed by atoms with Crippen molar-refractivity contribution in [2.24, 2.45) is 0 Å². The van der Waals surface area contributed by atoms with Crippen LogP contribution in [-0.2, 0) is 4.74 Å². The van der Waals surface area contributed by atoms with Crippen molar-refractivity contribution in [1.29, 1.82) is 0 Å². The van der Waals surface area contributed by atoms with Gasteiger partial charge < -0.3 is 10.1 Å². The van der Waals surface area contributed by atoms with Gasteiger partial charge in [-0.25, -0.2) is 0 Å². The van der Waals surface area contributed by atoms with Crippen molar-refractivity contribution in [3.8, 4) is 0 Å². The number of hydrogen-bond donors (Lipinski definition) is 1. The molecule has 0 aliphatic rings. The SMILES string of the molecule is CCCCNC(C)C(C)OC. The van der Waals surface area contributed by atoms with E-state index in [1.54, 1.807) is 7.11 Å². The van der Waals surface area contributed by atoms with E-state index in [0.29, 0.717) is 12.1 Å². The van der Waals surface area contributed by atoms with Crippen LogP contribution >= 0.6 is 0 Å². The molecule has 2 nitrogen and oxygen atoms in total. The van der Waals surface area contributed by atoms with E-state index < -0.39 is 0 Å². The Morgan fingerprint density at radius 3 is 2.45 bits per heavy atom. The molecule has 0 saturated carbocycles. The van der Waals surface area contributed by atoms with Gasteiger partial charge in [0.05, 0.1) is 6.10 Å². The number of methoxy groups -OCH3 is 1. The Balaban J connectivity index is 3.28. The molecule has 0 aliphatic heterocycles. The predicted molar refractivity (Wildman–Crippen MR) is 48.8 cm³/mol. The Bertz CT molecular complexity index is 85.6. The lowest BCUT2D eigenvalue weighted by molar-refractivity contribution is 0.0887. The van der Waals surface area contributed by atoms with Crippen LogP contribution in [-0.4, -0.2) is 25.8 Å². The standard InChI is InChI=1S/C9H21NO/c1-5-6-7-10-8(2)9(3)11-4/h8-10H,5-7H2,1-4H3. The van der Waals surface area contributed by atoms with Crippen molar-refractivity contribution < 1.29 is 4.74 Å². The average molecular weight is 159 g/mol. The largest absolute Gasteiger partial charge is 0.380 e. The van der Waals surface area contributed by atoms with Gasteiger partial charge in [-0.2, -0.15) is 0 Å². The zero-order valence-corrected chi connectivity index (χ0v) is 8.18. The van der Waals surface area contributed by atoms with Crippen molar-refractivity contribution in [1.82, 2.24) is 5.32 Å². The molecular formula is C9H21NO. The molecule has 0 radical (unpaired) electrons. The van der Waals surface area contributed by atoms with Gasteiger partial charge in [0.2, 0.25) is 0 Å². The summed E-state index contributed by atoms with van der Waals surface area (Å²) in [5.74, 6) is 0. The number of ether oxygens (including phenoxy) is 1. The van der Waals surface area contributed by atoms with E-state index in [9.17, 15) is 0 Å². The molecule has 0 aromatic rings. The first kappa shape index (κ1) is 10.9. The van der Waals surface area contributed by atoms with E-state index in [1.807, 2.05) is 0 Å². The van der Waals surface area contributed by atoms with Gasteiger partial charge in [0.25, 0.3) is 0 Å². The Hall–Kier alpha value is -0.0800. The highest BCUT2D eigenvalue weighted by Crippen LogP contribution is 1.96. The summed E-state index contributed by atoms with van der Waals surface area (Å²) in [6.07, 6.45) is 2.81. The normalized spacial score (nSPS) is 16.4. The molecular weight excluding hydrogens is 138 g/mol. The molecule has 0 aliphatic carbocycles. The molecule has 0 bridgehead atoms. The predicted octanol–water partition coefficient (Wildman–Crippen LogP) is 1.80. The number of nitrogens with one attached hydrogen (secondary N) is 1. The zero-order chi connectivity index (χ0) is 8.69. The molecule has 0 spiro atoms. The Labute approximate surface area is 70.3 Å². The van der Waals surface area contributed by atoms with E-state index in [2.05, 4.69) is 26.1 Å². The molecule has 0 heterocycles. The van der Waals surface area contributed by atoms with Gasteiger partial charge in [-0.15, -0.1) is 0 Å². The summed E-state index contributed by atoms with van der Waals surface area (Å²) in [6, 6.07) is 0.464. The van der Waals surface area contributed by atoms with Crippen molar-refractivity contribution in [2.75, 3.05) is 13.7 Å². The number of hydrogen-bond acceptors (Lipinski definition) is 2. The van der Waals surface area contributed by atoms with Crippen LogP contribution in [0.5, 0.6) is 0 Å². The van der Waals surface area contributed by atoms with Crippen molar-refractivity contribution >= 4 is 0 Å². The minimum atomic E-state index is 0.312. The monoisotopic (exact) mass is 159 g/mol. The first-order valence-corrected chi connectivity index (χ1v) is 4.48. The van der Waals surface area contributed by atoms with E-state index in [1.165, 1.54) is 12.8 Å². The average Bonchev–Trinajstić information content (AvgIpc) is 2.03. The lowest BCUT2D eigenvalue weighted by atomic mass is 10.2. The van der Waals surface area contributed by atoms with Crippen molar-refractivity contribution in [3.63, 3.8) is 0 Å². The molecule has 0 fully saturated rings. The van der Waals surface area contributed by atoms with Crippen LogP contribution in [0, 0.1) is 0 Å². The molecule has 2 unspecified atom stereocenters. The van der Waals surface area contributed by atoms with Crippen LogP contribution in [0.25, 0.3) is 0 Å². The molecule has 0 aromatic heterocycles. The third kappa shape index (κ3) is 5.22. The Kier molecular flexibility index (Phi) is 6.57. The van der Waals surface area contributed by atoms with Gasteiger partial charge in [-0.05, 0) is 26.8 Å². The van der Waals surface area contributed by atoms with E-state index in [0.717, 1.165) is 6.54 Å². The molecule has 0 saturated heterocycles. The van der Waals surface area contributed by atoms with Gasteiger partial charge in [0.15, 0.2) is 0 Å². The fraction of sp³-hybridized carbons (Fsp3) is 1.00. The third-order valence-electron chi connectivity index (χ3n) is 2.07. The summed E-state index contributed by atoms with van der Waals surface area (Å²) < 4.78 is 5.18. The maximum absolute atomic E-state index is 5.18. The van der Waals surface area contributed by atoms with Crippen LogP contribution in [0.4, 0.5) is 0 Å². The van der Waals surface area contributed by atoms with Crippen LogP contribution < -0.4 is 5.32 Å². The van der Waals surface area contributed by atoms with Crippen molar-refractivity contribution in [2.45, 2.75) is 45.8 Å². The van der Waals surface area contributed by atoms with E-state index >= 15 is 0 Å². The summed E-state index contributed by atoms with van der Waals surface area (Å²) in [5, 5.41) is 3.41. The fourth-order valence-corrected chi connectivity index (χ4v) is 0.877. The maximum Gasteiger partial charge on any atom is 0.0693 e. The first-order valence-electron chi connectivity index (χ1n) is 4.48. The number of rotatable bonds is 6. The quantitative estimate of drug-likeness (QED) is 0.597. The van der Waals surface area contributed by atoms with Crippen LogP contribution in [0.2, 0.25) is 0 Å². The lowest BCUT2D eigenvalue weighted by Crippen LogP contribution is -2.37. The van der Waals surface area contributed by atoms with Crippen molar-refractivity contribution in [3.05, 3.63) is 0 Å². The summed E-state index contributed by atoms with van der Waals surface area (Å²) in [6.45, 7) is 7.55. The second-order valence-electron chi connectivity index (χ2n) is 3.04. The molecule has 68 valence electrons. The highest BCUT2D eigenvalue weighted by Gasteiger charge is 2.08. The summed E-state index contributed by atoms with van der Waals surface area (Å²) in [4.78, 5) is 0. The van der Waals surface area contributed by atoms with Gasteiger partial charge in [0, 0.05) is 13.2 Å². The molecule has 0 aromatic carbocycles. The molecule has 2 heteroatoms. The first-order chi connectivity index (χ1) is 5.22. The van der Waals surface area contributed by atoms with Gasteiger partial charge in [-0.1, -0.05) is 13.3 Å². The highest BCUT2D eigenvalue weighted by atomic mass is 16.5. The van der Waals surface area contributed by atoms with Crippen LogP contribution in [0.15, 0.2) is 0 Å². The highest BCUT2D eigenvalue weighted by molar-refractivity contribution is 4.67. The lowest BCUT2D eigenvalue weighted by Gasteiger charge is -2.19. The zero-order valence-electron chi connectivity index (χ0n) is 8.18. The van der Waals surface area contributed by atoms with Crippen LogP contribution in [0.1, 0.15) is 33.6 Å². The number of unbranched alkanes of at least 4 members (excludes halogenated alkanes) is 1. The molecule has 2 atom stereocenters. The van der Waals surface area contributed by atoms with Crippen LogP contribution in [0.3, 0.4) is 0 Å².